The maximum atomic E-state index is 12.7. The molecule has 6 atom stereocenters. The molecule has 3 amide bonds. The third kappa shape index (κ3) is 1.63. The number of imide groups is 1. The van der Waals surface area contributed by atoms with Gasteiger partial charge in [-0.05, 0) is 42.2 Å². The molecule has 6 nitrogen and oxygen atoms in total. The van der Waals surface area contributed by atoms with Gasteiger partial charge in [-0.1, -0.05) is 12.2 Å². The number of aromatic nitrogens is 1. The smallest absolute Gasteiger partial charge is 0.271 e. The van der Waals surface area contributed by atoms with Crippen molar-refractivity contribution in [3.05, 3.63) is 42.2 Å². The van der Waals surface area contributed by atoms with Crippen LogP contribution in [0.4, 0.5) is 0 Å². The third-order valence-corrected chi connectivity index (χ3v) is 5.80. The van der Waals surface area contributed by atoms with Crippen molar-refractivity contribution in [3.8, 4) is 0 Å². The second-order valence-electron chi connectivity index (χ2n) is 6.85. The Bertz CT molecular complexity index is 724. The zero-order valence-electron chi connectivity index (χ0n) is 12.3. The van der Waals surface area contributed by atoms with Crippen LogP contribution in [-0.4, -0.2) is 27.7 Å². The Morgan fingerprint density at radius 1 is 1.13 bits per heavy atom. The molecule has 6 heteroatoms. The van der Waals surface area contributed by atoms with Gasteiger partial charge in [-0.2, -0.15) is 5.01 Å². The molecule has 2 bridgehead atoms. The van der Waals surface area contributed by atoms with E-state index in [9.17, 15) is 14.4 Å². The molecule has 23 heavy (non-hydrogen) atoms. The predicted octanol–water partition coefficient (Wildman–Crippen LogP) is 0.779. The van der Waals surface area contributed by atoms with Gasteiger partial charge in [-0.15, -0.1) is 0 Å². The monoisotopic (exact) mass is 309 g/mol. The fourth-order valence-corrected chi connectivity index (χ4v) is 4.73. The zero-order chi connectivity index (χ0) is 15.7. The van der Waals surface area contributed by atoms with Gasteiger partial charge >= 0.3 is 0 Å². The number of amides is 3. The number of nitrogens with zero attached hydrogens (tertiary/aromatic N) is 2. The van der Waals surface area contributed by atoms with E-state index in [0.717, 1.165) is 11.4 Å². The number of hydrogen-bond donors (Lipinski definition) is 1. The van der Waals surface area contributed by atoms with Gasteiger partial charge in [0.05, 0.1) is 17.4 Å². The lowest BCUT2D eigenvalue weighted by atomic mass is 9.63. The third-order valence-electron chi connectivity index (χ3n) is 5.80. The molecule has 0 radical (unpaired) electrons. The Labute approximate surface area is 132 Å². The SMILES string of the molecule is O=C(NN1C(=O)[C@H]2[C@@H]3C=C[C@H]([C@H]4C[C@H]34)[C@@H]2C1=O)c1cccnc1. The van der Waals surface area contributed by atoms with Crippen LogP contribution in [0.2, 0.25) is 0 Å². The number of pyridine rings is 1. The molecule has 2 heterocycles. The molecule has 2 saturated carbocycles. The average molecular weight is 309 g/mol. The molecule has 6 rings (SSSR count). The first-order valence-electron chi connectivity index (χ1n) is 7.94. The van der Waals surface area contributed by atoms with Gasteiger partial charge in [0.1, 0.15) is 0 Å². The lowest BCUT2D eigenvalue weighted by Crippen LogP contribution is -2.46. The first-order valence-corrected chi connectivity index (χ1v) is 7.94. The fraction of sp³-hybridized carbons (Fsp3) is 0.412. The van der Waals surface area contributed by atoms with Crippen LogP contribution in [0.5, 0.6) is 0 Å². The summed E-state index contributed by atoms with van der Waals surface area (Å²) in [5.74, 6) is -0.175. The summed E-state index contributed by atoms with van der Waals surface area (Å²) >= 11 is 0. The van der Waals surface area contributed by atoms with Crippen molar-refractivity contribution in [2.24, 2.45) is 35.5 Å². The summed E-state index contributed by atoms with van der Waals surface area (Å²) in [7, 11) is 0. The van der Waals surface area contributed by atoms with Crippen LogP contribution in [-0.2, 0) is 9.59 Å². The Morgan fingerprint density at radius 2 is 1.78 bits per heavy atom. The van der Waals surface area contributed by atoms with E-state index in [2.05, 4.69) is 22.6 Å². The van der Waals surface area contributed by atoms with E-state index >= 15 is 0 Å². The molecule has 1 aromatic rings. The van der Waals surface area contributed by atoms with Crippen molar-refractivity contribution in [1.29, 1.82) is 0 Å². The molecule has 3 fully saturated rings. The maximum Gasteiger partial charge on any atom is 0.271 e. The predicted molar refractivity (Wildman–Crippen MR) is 78.3 cm³/mol. The number of carbonyl (C=O) groups is 3. The molecule has 0 unspecified atom stereocenters. The molecular formula is C17H15N3O3. The van der Waals surface area contributed by atoms with Gasteiger partial charge in [-0.25, -0.2) is 0 Å². The molecule has 1 saturated heterocycles. The summed E-state index contributed by atoms with van der Waals surface area (Å²) in [6.45, 7) is 0. The number of allylic oxidation sites excluding steroid dienone is 2. The average Bonchev–Trinajstić information content (AvgIpc) is 3.37. The molecule has 4 aliphatic carbocycles. The number of hydrazine groups is 1. The molecule has 5 aliphatic rings. The zero-order valence-corrected chi connectivity index (χ0v) is 12.3. The minimum atomic E-state index is -0.482. The first kappa shape index (κ1) is 13.0. The van der Waals surface area contributed by atoms with Crippen molar-refractivity contribution in [3.63, 3.8) is 0 Å². The lowest BCUT2D eigenvalue weighted by molar-refractivity contribution is -0.143. The molecular weight excluding hydrogens is 294 g/mol. The Balaban J connectivity index is 1.42. The molecule has 1 N–H and O–H groups in total. The lowest BCUT2D eigenvalue weighted by Gasteiger charge is -2.37. The summed E-state index contributed by atoms with van der Waals surface area (Å²) in [6, 6.07) is 3.24. The molecule has 1 aromatic heterocycles. The van der Waals surface area contributed by atoms with E-state index in [1.54, 1.807) is 18.3 Å². The van der Waals surface area contributed by atoms with Gasteiger partial charge in [-0.3, -0.25) is 24.8 Å². The first-order chi connectivity index (χ1) is 11.2. The highest BCUT2D eigenvalue weighted by atomic mass is 16.2. The topological polar surface area (TPSA) is 79.4 Å². The van der Waals surface area contributed by atoms with Crippen LogP contribution in [0.1, 0.15) is 16.8 Å². The highest BCUT2D eigenvalue weighted by Gasteiger charge is 2.67. The van der Waals surface area contributed by atoms with Crippen molar-refractivity contribution in [2.75, 3.05) is 0 Å². The number of hydrogen-bond acceptors (Lipinski definition) is 4. The fourth-order valence-electron chi connectivity index (χ4n) is 4.73. The molecule has 1 aliphatic heterocycles. The summed E-state index contributed by atoms with van der Waals surface area (Å²) in [5, 5.41) is 0.947. The van der Waals surface area contributed by atoms with Crippen molar-refractivity contribution in [1.82, 2.24) is 15.4 Å². The highest BCUT2D eigenvalue weighted by Crippen LogP contribution is 2.65. The van der Waals surface area contributed by atoms with Gasteiger partial charge in [0.15, 0.2) is 0 Å². The van der Waals surface area contributed by atoms with Gasteiger partial charge in [0.2, 0.25) is 0 Å². The quantitative estimate of drug-likeness (QED) is 0.647. The highest BCUT2D eigenvalue weighted by molar-refractivity contribution is 6.08. The number of carbonyl (C=O) groups excluding carboxylic acids is 3. The largest absolute Gasteiger partial charge is 0.272 e. The van der Waals surface area contributed by atoms with E-state index < -0.39 is 5.91 Å². The van der Waals surface area contributed by atoms with E-state index in [1.165, 1.54) is 6.20 Å². The van der Waals surface area contributed by atoms with Crippen molar-refractivity contribution >= 4 is 17.7 Å². The van der Waals surface area contributed by atoms with Crippen molar-refractivity contribution in [2.45, 2.75) is 6.42 Å². The van der Waals surface area contributed by atoms with Crippen molar-refractivity contribution < 1.29 is 14.4 Å². The van der Waals surface area contributed by atoms with E-state index in [1.807, 2.05) is 0 Å². The Kier molecular flexibility index (Phi) is 2.42. The van der Waals surface area contributed by atoms with Crippen LogP contribution in [0.25, 0.3) is 0 Å². The normalized spacial score (nSPS) is 39.2. The summed E-state index contributed by atoms with van der Waals surface area (Å²) < 4.78 is 0. The maximum absolute atomic E-state index is 12.7. The second kappa shape index (κ2) is 4.28. The standard InChI is InChI=1S/C17H15N3O3/c21-15(8-2-1-5-18-7-8)19-20-16(22)13-9-3-4-10(12-6-11(9)12)14(13)17(20)23/h1-5,7,9-14H,6H2,(H,19,21)/t9-,10-,11-,12-,13+,14+/m1/s1. The van der Waals surface area contributed by atoms with Gasteiger partial charge in [0.25, 0.3) is 17.7 Å². The van der Waals surface area contributed by atoms with Gasteiger partial charge in [0, 0.05) is 12.4 Å². The number of rotatable bonds is 2. The van der Waals surface area contributed by atoms with E-state index in [-0.39, 0.29) is 35.5 Å². The summed E-state index contributed by atoms with van der Waals surface area (Å²) in [5.41, 5.74) is 2.80. The van der Waals surface area contributed by atoms with Crippen LogP contribution in [0, 0.1) is 35.5 Å². The summed E-state index contributed by atoms with van der Waals surface area (Å²) in [6.07, 6.45) is 8.31. The number of nitrogens with one attached hydrogen (secondary N) is 1. The van der Waals surface area contributed by atoms with Gasteiger partial charge < -0.3 is 0 Å². The second-order valence-corrected chi connectivity index (χ2v) is 6.85. The summed E-state index contributed by atoms with van der Waals surface area (Å²) in [4.78, 5) is 41.5. The van der Waals surface area contributed by atoms with Crippen LogP contribution in [0.15, 0.2) is 36.7 Å². The molecule has 0 spiro atoms. The molecule has 0 aromatic carbocycles. The Morgan fingerprint density at radius 3 is 2.35 bits per heavy atom. The minimum absolute atomic E-state index is 0.159. The Hall–Kier alpha value is -2.50. The van der Waals surface area contributed by atoms with E-state index in [4.69, 9.17) is 0 Å². The van der Waals surface area contributed by atoms with Crippen LogP contribution in [0.3, 0.4) is 0 Å². The van der Waals surface area contributed by atoms with Crippen LogP contribution >= 0.6 is 0 Å². The molecule has 116 valence electrons. The van der Waals surface area contributed by atoms with E-state index in [0.29, 0.717) is 17.4 Å². The minimum Gasteiger partial charge on any atom is -0.272 e. The van der Waals surface area contributed by atoms with Crippen LogP contribution < -0.4 is 5.43 Å².